The molecule has 0 heterocycles. The highest BCUT2D eigenvalue weighted by Crippen LogP contribution is 2.14. The summed E-state index contributed by atoms with van der Waals surface area (Å²) in [5.41, 5.74) is 0.903. The molecule has 0 atom stereocenters. The molecule has 2 aromatic rings. The van der Waals surface area contributed by atoms with E-state index in [1.165, 1.54) is 18.5 Å². The van der Waals surface area contributed by atoms with Gasteiger partial charge in [-0.05, 0) is 22.4 Å². The molecule has 0 aromatic heterocycles. The van der Waals surface area contributed by atoms with Crippen LogP contribution in [0.15, 0.2) is 47.6 Å². The van der Waals surface area contributed by atoms with Gasteiger partial charge in [0.05, 0.1) is 6.21 Å². The summed E-state index contributed by atoms with van der Waals surface area (Å²) < 4.78 is 0. The van der Waals surface area contributed by atoms with Gasteiger partial charge in [0.2, 0.25) is 0 Å². The molecular weight excluding hydrogens is 202 g/mol. The quantitative estimate of drug-likeness (QED) is 0.437. The average Bonchev–Trinajstić information content (AvgIpc) is 2.28. The number of hydrogen-bond acceptors (Lipinski definition) is 3. The van der Waals surface area contributed by atoms with Crippen molar-refractivity contribution in [3.63, 3.8) is 0 Å². The fourth-order valence-corrected chi connectivity index (χ4v) is 1.45. The number of rotatable bonds is 2. The number of fused-ring (bicyclic) bond motifs is 1. The first-order chi connectivity index (χ1) is 7.75. The zero-order valence-electron chi connectivity index (χ0n) is 8.88. The molecule has 2 rings (SSSR count). The van der Waals surface area contributed by atoms with Crippen molar-refractivity contribution in [1.82, 2.24) is 0 Å². The summed E-state index contributed by atoms with van der Waals surface area (Å²) in [4.78, 5) is 15.0. The van der Waals surface area contributed by atoms with E-state index in [9.17, 15) is 4.79 Å². The topological polar surface area (TPSA) is 38.7 Å². The Labute approximate surface area is 93.3 Å². The normalized spacial score (nSPS) is 10.8. The minimum atomic E-state index is -0.419. The summed E-state index contributed by atoms with van der Waals surface area (Å²) >= 11 is 0. The third kappa shape index (κ3) is 2.45. The largest absolute Gasteiger partial charge is 0.331 e. The first kappa shape index (κ1) is 10.4. The van der Waals surface area contributed by atoms with Crippen molar-refractivity contribution in [2.45, 2.75) is 6.92 Å². The molecule has 0 amide bonds. The standard InChI is InChI=1S/C13H11NO2/c1-10(15)16-14-9-11-6-7-12-4-2-3-5-13(12)8-11/h2-9H,1H3/b14-9+. The minimum Gasteiger partial charge on any atom is -0.319 e. The zero-order valence-corrected chi connectivity index (χ0v) is 8.88. The maximum atomic E-state index is 10.5. The molecule has 0 saturated heterocycles. The van der Waals surface area contributed by atoms with Gasteiger partial charge in [0.15, 0.2) is 0 Å². The van der Waals surface area contributed by atoms with Crippen molar-refractivity contribution >= 4 is 23.0 Å². The molecular formula is C13H11NO2. The van der Waals surface area contributed by atoms with Gasteiger partial charge in [0.25, 0.3) is 0 Å². The first-order valence-electron chi connectivity index (χ1n) is 4.95. The Morgan fingerprint density at radius 2 is 1.94 bits per heavy atom. The Balaban J connectivity index is 2.26. The van der Waals surface area contributed by atoms with E-state index in [-0.39, 0.29) is 0 Å². The Kier molecular flexibility index (Phi) is 2.96. The van der Waals surface area contributed by atoms with Crippen LogP contribution in [0.25, 0.3) is 10.8 Å². The summed E-state index contributed by atoms with van der Waals surface area (Å²) in [5.74, 6) is -0.419. The van der Waals surface area contributed by atoms with Gasteiger partial charge < -0.3 is 4.84 Å². The van der Waals surface area contributed by atoms with Crippen LogP contribution < -0.4 is 0 Å². The van der Waals surface area contributed by atoms with E-state index in [0.717, 1.165) is 10.9 Å². The highest BCUT2D eigenvalue weighted by molar-refractivity contribution is 5.90. The number of hydrogen-bond donors (Lipinski definition) is 0. The fourth-order valence-electron chi connectivity index (χ4n) is 1.45. The summed E-state index contributed by atoms with van der Waals surface area (Å²) in [5, 5.41) is 5.88. The van der Waals surface area contributed by atoms with Crippen molar-refractivity contribution in [3.8, 4) is 0 Å². The second-order valence-corrected chi connectivity index (χ2v) is 3.42. The lowest BCUT2D eigenvalue weighted by Crippen LogP contribution is -1.91. The van der Waals surface area contributed by atoms with Crippen molar-refractivity contribution < 1.29 is 9.63 Å². The zero-order chi connectivity index (χ0) is 11.4. The van der Waals surface area contributed by atoms with Crippen LogP contribution in [0, 0.1) is 0 Å². The molecule has 0 aliphatic carbocycles. The molecule has 0 unspecified atom stereocenters. The summed E-state index contributed by atoms with van der Waals surface area (Å²) in [6.45, 7) is 1.32. The maximum Gasteiger partial charge on any atom is 0.331 e. The predicted octanol–water partition coefficient (Wildman–Crippen LogP) is 2.74. The van der Waals surface area contributed by atoms with Crippen LogP contribution in [0.1, 0.15) is 12.5 Å². The van der Waals surface area contributed by atoms with E-state index >= 15 is 0 Å². The van der Waals surface area contributed by atoms with E-state index in [1.54, 1.807) is 0 Å². The summed E-state index contributed by atoms with van der Waals surface area (Å²) in [6, 6.07) is 14.0. The van der Waals surface area contributed by atoms with Crippen molar-refractivity contribution in [2.75, 3.05) is 0 Å². The molecule has 0 aliphatic heterocycles. The van der Waals surface area contributed by atoms with Gasteiger partial charge in [-0.1, -0.05) is 41.6 Å². The first-order valence-corrected chi connectivity index (χ1v) is 4.95. The van der Waals surface area contributed by atoms with Gasteiger partial charge >= 0.3 is 5.97 Å². The Morgan fingerprint density at radius 1 is 1.19 bits per heavy atom. The minimum absolute atomic E-state index is 0.419. The molecule has 0 bridgehead atoms. The lowest BCUT2D eigenvalue weighted by molar-refractivity contribution is -0.140. The Bertz CT molecular complexity index is 546. The highest BCUT2D eigenvalue weighted by atomic mass is 16.7. The van der Waals surface area contributed by atoms with Crippen LogP contribution in [0.3, 0.4) is 0 Å². The van der Waals surface area contributed by atoms with Crippen LogP contribution in [-0.2, 0) is 9.63 Å². The number of benzene rings is 2. The van der Waals surface area contributed by atoms with Gasteiger partial charge in [-0.2, -0.15) is 0 Å². The molecule has 0 N–H and O–H groups in total. The molecule has 3 heteroatoms. The van der Waals surface area contributed by atoms with Crippen molar-refractivity contribution in [2.24, 2.45) is 5.16 Å². The van der Waals surface area contributed by atoms with Crippen LogP contribution in [0.5, 0.6) is 0 Å². The monoisotopic (exact) mass is 213 g/mol. The molecule has 16 heavy (non-hydrogen) atoms. The van der Waals surface area contributed by atoms with Crippen LogP contribution in [0.2, 0.25) is 0 Å². The third-order valence-corrected chi connectivity index (χ3v) is 2.16. The van der Waals surface area contributed by atoms with Crippen LogP contribution in [-0.4, -0.2) is 12.2 Å². The predicted molar refractivity (Wildman–Crippen MR) is 63.3 cm³/mol. The second kappa shape index (κ2) is 4.57. The van der Waals surface area contributed by atoms with Crippen molar-refractivity contribution in [1.29, 1.82) is 0 Å². The lowest BCUT2D eigenvalue weighted by Gasteiger charge is -1.98. The number of nitrogens with zero attached hydrogens (tertiary/aromatic N) is 1. The number of carbonyl (C=O) groups is 1. The lowest BCUT2D eigenvalue weighted by atomic mass is 10.1. The molecule has 80 valence electrons. The smallest absolute Gasteiger partial charge is 0.319 e. The molecule has 0 fully saturated rings. The van der Waals surface area contributed by atoms with E-state index in [4.69, 9.17) is 0 Å². The van der Waals surface area contributed by atoms with Gasteiger partial charge in [0, 0.05) is 6.92 Å². The summed E-state index contributed by atoms with van der Waals surface area (Å²) in [6.07, 6.45) is 1.52. The van der Waals surface area contributed by atoms with Crippen LogP contribution in [0.4, 0.5) is 0 Å². The average molecular weight is 213 g/mol. The number of oxime groups is 1. The van der Waals surface area contributed by atoms with Gasteiger partial charge in [-0.3, -0.25) is 0 Å². The second-order valence-electron chi connectivity index (χ2n) is 3.42. The van der Waals surface area contributed by atoms with E-state index < -0.39 is 5.97 Å². The van der Waals surface area contributed by atoms with E-state index in [2.05, 4.69) is 9.99 Å². The summed E-state index contributed by atoms with van der Waals surface area (Å²) in [7, 11) is 0. The van der Waals surface area contributed by atoms with Crippen molar-refractivity contribution in [3.05, 3.63) is 48.0 Å². The van der Waals surface area contributed by atoms with Gasteiger partial charge in [-0.15, -0.1) is 0 Å². The molecule has 0 saturated carbocycles. The molecule has 3 nitrogen and oxygen atoms in total. The van der Waals surface area contributed by atoms with Gasteiger partial charge in [-0.25, -0.2) is 4.79 Å². The third-order valence-electron chi connectivity index (χ3n) is 2.16. The fraction of sp³-hybridized carbons (Fsp3) is 0.0769. The SMILES string of the molecule is CC(=O)O/N=C/c1ccc2ccccc2c1. The Hall–Kier alpha value is -2.16. The van der Waals surface area contributed by atoms with E-state index in [1.807, 2.05) is 42.5 Å². The Morgan fingerprint density at radius 3 is 2.69 bits per heavy atom. The number of carbonyl (C=O) groups excluding carboxylic acids is 1. The van der Waals surface area contributed by atoms with E-state index in [0.29, 0.717) is 0 Å². The molecule has 0 spiro atoms. The van der Waals surface area contributed by atoms with Crippen LogP contribution >= 0.6 is 0 Å². The molecule has 0 aliphatic rings. The molecule has 2 aromatic carbocycles. The van der Waals surface area contributed by atoms with Gasteiger partial charge in [0.1, 0.15) is 0 Å². The maximum absolute atomic E-state index is 10.5. The molecule has 0 radical (unpaired) electrons. The highest BCUT2D eigenvalue weighted by Gasteiger charge is 1.94.